The molecule has 3 heterocycles. The number of nitrogens with zero attached hydrogens (tertiary/aromatic N) is 7. The van der Waals surface area contributed by atoms with E-state index in [4.69, 9.17) is 4.84 Å². The second kappa shape index (κ2) is 8.34. The highest BCUT2D eigenvalue weighted by atomic mass is 19.4. The van der Waals surface area contributed by atoms with E-state index < -0.39 is 12.0 Å². The summed E-state index contributed by atoms with van der Waals surface area (Å²) in [4.78, 5) is 16.4. The molecule has 0 radical (unpaired) electrons. The summed E-state index contributed by atoms with van der Waals surface area (Å²) in [5, 5.41) is 9.75. The summed E-state index contributed by atoms with van der Waals surface area (Å²) in [5.41, 5.74) is 2.59. The average Bonchev–Trinajstić information content (AvgIpc) is 3.16. The van der Waals surface area contributed by atoms with E-state index in [2.05, 4.69) is 26.7 Å². The number of aromatic nitrogens is 5. The number of aryl methyl sites for hydroxylation is 1. The third-order valence-corrected chi connectivity index (χ3v) is 4.76. The quantitative estimate of drug-likeness (QED) is 0.629. The smallest absolute Gasteiger partial charge is 0.367 e. The van der Waals surface area contributed by atoms with Gasteiger partial charge in [0.15, 0.2) is 5.82 Å². The third kappa shape index (κ3) is 4.50. The maximum absolute atomic E-state index is 13.1. The molecule has 162 valence electrons. The normalized spacial score (nSPS) is 15.1. The minimum atomic E-state index is -4.63. The van der Waals surface area contributed by atoms with Crippen LogP contribution in [0.2, 0.25) is 0 Å². The molecule has 11 heteroatoms. The summed E-state index contributed by atoms with van der Waals surface area (Å²) in [6.45, 7) is 7.26. The Morgan fingerprint density at radius 1 is 1.06 bits per heavy atom. The van der Waals surface area contributed by atoms with Crippen LogP contribution in [0.15, 0.2) is 49.3 Å². The molecule has 1 saturated heterocycles. The maximum Gasteiger partial charge on any atom is 0.451 e. The molecule has 0 aliphatic carbocycles. The predicted octanol–water partition coefficient (Wildman–Crippen LogP) is 3.11. The molecule has 0 saturated carbocycles. The molecular formula is C20H20F3N7O. The molecule has 0 unspecified atom stereocenters. The molecule has 0 bridgehead atoms. The molecule has 0 amide bonds. The van der Waals surface area contributed by atoms with Crippen molar-refractivity contribution in [1.29, 1.82) is 0 Å². The van der Waals surface area contributed by atoms with Crippen molar-refractivity contribution in [3.8, 4) is 5.69 Å². The molecule has 4 rings (SSSR count). The number of rotatable bonds is 4. The number of hydrogen-bond donors (Lipinski definition) is 0. The van der Waals surface area contributed by atoms with Gasteiger partial charge in [-0.1, -0.05) is 24.8 Å². The van der Waals surface area contributed by atoms with E-state index >= 15 is 0 Å². The van der Waals surface area contributed by atoms with Crippen molar-refractivity contribution in [3.63, 3.8) is 0 Å². The van der Waals surface area contributed by atoms with Crippen molar-refractivity contribution in [2.45, 2.75) is 13.1 Å². The molecule has 0 atom stereocenters. The first-order valence-corrected chi connectivity index (χ1v) is 9.56. The van der Waals surface area contributed by atoms with Crippen molar-refractivity contribution in [3.05, 3.63) is 66.4 Å². The Balaban J connectivity index is 1.53. The highest BCUT2D eigenvalue weighted by Gasteiger charge is 2.36. The van der Waals surface area contributed by atoms with Gasteiger partial charge in [0.2, 0.25) is 5.82 Å². The van der Waals surface area contributed by atoms with Crippen LogP contribution in [-0.2, 0) is 11.0 Å². The maximum atomic E-state index is 13.1. The summed E-state index contributed by atoms with van der Waals surface area (Å²) in [6, 6.07) is 9.07. The lowest BCUT2D eigenvalue weighted by Crippen LogP contribution is -2.30. The molecule has 0 spiro atoms. The fourth-order valence-electron chi connectivity index (χ4n) is 3.31. The summed E-state index contributed by atoms with van der Waals surface area (Å²) in [5.74, 6) is -1.11. The molecule has 1 aliphatic heterocycles. The predicted molar refractivity (Wildman–Crippen MR) is 107 cm³/mol. The van der Waals surface area contributed by atoms with E-state index in [-0.39, 0.29) is 18.1 Å². The van der Waals surface area contributed by atoms with E-state index in [1.54, 1.807) is 12.4 Å². The van der Waals surface area contributed by atoms with Gasteiger partial charge in [-0.3, -0.25) is 4.84 Å². The van der Waals surface area contributed by atoms with Crippen molar-refractivity contribution >= 4 is 11.5 Å². The number of anilines is 1. The van der Waals surface area contributed by atoms with Gasteiger partial charge in [0.25, 0.3) is 0 Å². The number of halogens is 3. The Hall–Kier alpha value is -3.47. The molecule has 1 aliphatic rings. The minimum Gasteiger partial charge on any atom is -0.367 e. The number of hydroxylamine groups is 1. The highest BCUT2D eigenvalue weighted by Crippen LogP contribution is 2.29. The van der Waals surface area contributed by atoms with Gasteiger partial charge >= 0.3 is 6.18 Å². The van der Waals surface area contributed by atoms with E-state index in [1.807, 2.05) is 29.2 Å². The lowest BCUT2D eigenvalue weighted by Gasteiger charge is -2.26. The van der Waals surface area contributed by atoms with Gasteiger partial charge < -0.3 is 4.90 Å². The second-order valence-corrected chi connectivity index (χ2v) is 6.89. The standard InChI is InChI=1S/C20H20F3N7O/c1-14-13-18(27-19(26-14)20(21,22)23)29-10-9-28(11-12-31-29)15(2)16-5-3-4-6-17(16)30-24-7-8-25-30/h3-8,13H,2,9-12H2,1H3. The van der Waals surface area contributed by atoms with Gasteiger partial charge in [0.05, 0.1) is 31.2 Å². The molecule has 0 N–H and O–H groups in total. The summed E-state index contributed by atoms with van der Waals surface area (Å²) < 4.78 is 39.3. The number of para-hydroxylation sites is 1. The third-order valence-electron chi connectivity index (χ3n) is 4.76. The van der Waals surface area contributed by atoms with Crippen LogP contribution in [0.4, 0.5) is 19.0 Å². The fourth-order valence-corrected chi connectivity index (χ4v) is 3.31. The SMILES string of the molecule is C=C(c1ccccc1-n1nccn1)N1CCON(c2cc(C)nc(C(F)(F)F)n2)CC1. The largest absolute Gasteiger partial charge is 0.451 e. The molecule has 3 aromatic rings. The van der Waals surface area contributed by atoms with Crippen LogP contribution in [-0.4, -0.2) is 56.1 Å². The Kier molecular flexibility index (Phi) is 5.59. The first-order valence-electron chi connectivity index (χ1n) is 9.56. The number of benzene rings is 1. The van der Waals surface area contributed by atoms with Gasteiger partial charge in [-0.2, -0.15) is 28.2 Å². The average molecular weight is 431 g/mol. The van der Waals surface area contributed by atoms with Crippen LogP contribution >= 0.6 is 0 Å². The fraction of sp³-hybridized carbons (Fsp3) is 0.300. The summed E-state index contributed by atoms with van der Waals surface area (Å²) in [7, 11) is 0. The minimum absolute atomic E-state index is 0.0772. The molecular weight excluding hydrogens is 411 g/mol. The van der Waals surface area contributed by atoms with Crippen molar-refractivity contribution in [1.82, 2.24) is 29.9 Å². The molecule has 8 nitrogen and oxygen atoms in total. The zero-order valence-corrected chi connectivity index (χ0v) is 16.7. The second-order valence-electron chi connectivity index (χ2n) is 6.89. The van der Waals surface area contributed by atoms with Crippen molar-refractivity contribution in [2.24, 2.45) is 0 Å². The Labute approximate surface area is 176 Å². The monoisotopic (exact) mass is 431 g/mol. The lowest BCUT2D eigenvalue weighted by molar-refractivity contribution is -0.145. The van der Waals surface area contributed by atoms with Crippen LogP contribution < -0.4 is 5.06 Å². The van der Waals surface area contributed by atoms with Crippen LogP contribution in [0.25, 0.3) is 11.4 Å². The van der Waals surface area contributed by atoms with E-state index in [9.17, 15) is 13.2 Å². The number of alkyl halides is 3. The van der Waals surface area contributed by atoms with E-state index in [0.29, 0.717) is 19.6 Å². The lowest BCUT2D eigenvalue weighted by atomic mass is 10.1. The van der Waals surface area contributed by atoms with Gasteiger partial charge in [0, 0.05) is 36.1 Å². The Bertz CT molecular complexity index is 1070. The summed E-state index contributed by atoms with van der Waals surface area (Å²) >= 11 is 0. The zero-order chi connectivity index (χ0) is 22.0. The van der Waals surface area contributed by atoms with Crippen LogP contribution in [0.5, 0.6) is 0 Å². The topological polar surface area (TPSA) is 72.2 Å². The van der Waals surface area contributed by atoms with E-state index in [1.165, 1.54) is 22.8 Å². The Morgan fingerprint density at radius 2 is 1.81 bits per heavy atom. The first kappa shape index (κ1) is 20.8. The molecule has 31 heavy (non-hydrogen) atoms. The van der Waals surface area contributed by atoms with Crippen LogP contribution in [0.3, 0.4) is 0 Å². The molecule has 1 fully saturated rings. The van der Waals surface area contributed by atoms with Crippen LogP contribution in [0, 0.1) is 6.92 Å². The van der Waals surface area contributed by atoms with E-state index in [0.717, 1.165) is 16.9 Å². The first-order chi connectivity index (χ1) is 14.8. The van der Waals surface area contributed by atoms with Gasteiger partial charge in [0.1, 0.15) is 0 Å². The van der Waals surface area contributed by atoms with Gasteiger partial charge in [-0.25, -0.2) is 15.0 Å². The molecule has 1 aromatic carbocycles. The van der Waals surface area contributed by atoms with Gasteiger partial charge in [-0.15, -0.1) is 0 Å². The van der Waals surface area contributed by atoms with Crippen LogP contribution in [0.1, 0.15) is 17.1 Å². The van der Waals surface area contributed by atoms with Gasteiger partial charge in [-0.05, 0) is 13.0 Å². The summed E-state index contributed by atoms with van der Waals surface area (Å²) in [6.07, 6.45) is -1.44. The Morgan fingerprint density at radius 3 is 2.55 bits per heavy atom. The zero-order valence-electron chi connectivity index (χ0n) is 16.7. The van der Waals surface area contributed by atoms with Crippen molar-refractivity contribution < 1.29 is 18.0 Å². The van der Waals surface area contributed by atoms with Crippen molar-refractivity contribution in [2.75, 3.05) is 31.3 Å². The number of hydrogen-bond acceptors (Lipinski definition) is 7. The highest BCUT2D eigenvalue weighted by molar-refractivity contribution is 5.69. The molecule has 2 aromatic heterocycles.